The smallest absolute Gasteiger partial charge is 0.219 e. The summed E-state index contributed by atoms with van der Waals surface area (Å²) in [6.45, 7) is 1.52. The first kappa shape index (κ1) is 16.5. The van der Waals surface area contributed by atoms with Gasteiger partial charge in [0.1, 0.15) is 17.7 Å². The number of carbonyl (C=O) groups excluding carboxylic acids is 1. The van der Waals surface area contributed by atoms with E-state index in [1.165, 1.54) is 32.2 Å². The lowest BCUT2D eigenvalue weighted by Gasteiger charge is -2.38. The number of rotatable bonds is 4. The molecule has 1 aliphatic carbocycles. The summed E-state index contributed by atoms with van der Waals surface area (Å²) >= 11 is 0. The van der Waals surface area contributed by atoms with Crippen molar-refractivity contribution in [1.82, 2.24) is 4.90 Å². The molecule has 0 N–H and O–H groups in total. The lowest BCUT2D eigenvalue weighted by molar-refractivity contribution is -0.132. The highest BCUT2D eigenvalue weighted by Crippen LogP contribution is 2.33. The van der Waals surface area contributed by atoms with E-state index >= 15 is 0 Å². The van der Waals surface area contributed by atoms with Crippen molar-refractivity contribution in [3.8, 4) is 5.75 Å². The molecule has 0 heterocycles. The van der Waals surface area contributed by atoms with Crippen molar-refractivity contribution in [3.05, 3.63) is 29.2 Å². The second-order valence-corrected chi connectivity index (χ2v) is 5.75. The first-order chi connectivity index (χ1) is 10.4. The average molecular weight is 309 g/mol. The third-order valence-electron chi connectivity index (χ3n) is 4.20. The Morgan fingerprint density at radius 2 is 2.00 bits per heavy atom. The Morgan fingerprint density at radius 3 is 2.64 bits per heavy atom. The molecule has 122 valence electrons. The van der Waals surface area contributed by atoms with Crippen LogP contribution < -0.4 is 9.80 Å². The predicted molar refractivity (Wildman–Crippen MR) is 83.3 cm³/mol. The quantitative estimate of drug-likeness (QED) is 0.802. The Kier molecular flexibility index (Phi) is 5.24. The Labute approximate surface area is 130 Å². The number of amides is 1. The van der Waals surface area contributed by atoms with Gasteiger partial charge in [-0.1, -0.05) is 6.42 Å². The van der Waals surface area contributed by atoms with E-state index in [1.54, 1.807) is 11.9 Å². The van der Waals surface area contributed by atoms with E-state index in [0.717, 1.165) is 25.7 Å². The number of likely N-dealkylation sites (N-methyl/N-ethyl adjacent to an activating group) is 1. The molecule has 6 heteroatoms. The second kappa shape index (κ2) is 6.96. The van der Waals surface area contributed by atoms with E-state index in [-0.39, 0.29) is 29.5 Å². The van der Waals surface area contributed by atoms with E-state index in [9.17, 15) is 14.4 Å². The molecule has 0 aliphatic heterocycles. The maximum Gasteiger partial charge on any atom is 0.219 e. The summed E-state index contributed by atoms with van der Waals surface area (Å²) in [5.74, 6) is -0.250. The first-order valence-electron chi connectivity index (χ1n) is 7.50. The van der Waals surface area contributed by atoms with Gasteiger partial charge in [0.05, 0.1) is 11.7 Å². The number of hydrogen-bond acceptors (Lipinski definition) is 4. The molecule has 0 radical (unpaired) electrons. The average Bonchev–Trinajstić information content (AvgIpc) is 2.46. The minimum atomic E-state index is -0.451. The Balaban J connectivity index is 2.23. The van der Waals surface area contributed by atoms with Gasteiger partial charge in [0.25, 0.3) is 0 Å². The van der Waals surface area contributed by atoms with E-state index in [0.29, 0.717) is 5.06 Å². The van der Waals surface area contributed by atoms with Gasteiger partial charge in [-0.3, -0.25) is 4.79 Å². The van der Waals surface area contributed by atoms with Crippen LogP contribution in [0.5, 0.6) is 5.75 Å². The fraction of sp³-hybridized carbons (Fsp3) is 0.562. The molecule has 1 aromatic rings. The number of halogens is 1. The normalized spacial score (nSPS) is 21.3. The molecule has 1 amide bonds. The molecule has 2 rings (SSSR count). The van der Waals surface area contributed by atoms with Gasteiger partial charge in [-0.05, 0) is 38.4 Å². The van der Waals surface area contributed by atoms with Crippen molar-refractivity contribution in [2.45, 2.75) is 44.8 Å². The summed E-state index contributed by atoms with van der Waals surface area (Å²) in [5, 5.41) is 12.2. The van der Waals surface area contributed by atoms with Crippen LogP contribution in [0, 0.1) is 11.0 Å². The highest BCUT2D eigenvalue weighted by molar-refractivity contribution is 5.73. The standard InChI is InChI=1S/C16H22FN2O3/c1-11(20)18(2)13-6-4-5-7-15(13)22-16-10-12(17)8-9-14(16)19(3)21/h8-10,13,15H,4-7H2,1-3H3/q-1/t13-,15?/m1/s1. The number of hydroxylamine groups is 1. The molecule has 0 spiro atoms. The summed E-state index contributed by atoms with van der Waals surface area (Å²) in [7, 11) is 3.10. The molecule has 0 bridgehead atoms. The van der Waals surface area contributed by atoms with E-state index < -0.39 is 5.82 Å². The summed E-state index contributed by atoms with van der Waals surface area (Å²) in [6, 6.07) is 3.81. The lowest BCUT2D eigenvalue weighted by Crippen LogP contribution is -2.48. The summed E-state index contributed by atoms with van der Waals surface area (Å²) < 4.78 is 19.4. The number of hydrogen-bond donors (Lipinski definition) is 0. The van der Waals surface area contributed by atoms with Crippen molar-refractivity contribution in [2.75, 3.05) is 19.2 Å². The Morgan fingerprint density at radius 1 is 1.32 bits per heavy atom. The van der Waals surface area contributed by atoms with Crippen molar-refractivity contribution in [1.29, 1.82) is 0 Å². The minimum Gasteiger partial charge on any atom is -0.758 e. The number of anilines is 1. The van der Waals surface area contributed by atoms with Crippen molar-refractivity contribution in [3.63, 3.8) is 0 Å². The number of carbonyl (C=O) groups is 1. The molecule has 2 atom stereocenters. The molecule has 5 nitrogen and oxygen atoms in total. The van der Waals surface area contributed by atoms with Gasteiger partial charge in [-0.15, -0.1) is 0 Å². The van der Waals surface area contributed by atoms with Crippen molar-refractivity contribution < 1.29 is 13.9 Å². The highest BCUT2D eigenvalue weighted by atomic mass is 19.1. The molecule has 1 unspecified atom stereocenters. The van der Waals surface area contributed by atoms with Crippen LogP contribution in [0.25, 0.3) is 0 Å². The fourth-order valence-electron chi connectivity index (χ4n) is 2.90. The fourth-order valence-corrected chi connectivity index (χ4v) is 2.90. The number of ether oxygens (including phenoxy) is 1. The van der Waals surface area contributed by atoms with Gasteiger partial charge in [-0.2, -0.15) is 0 Å². The highest BCUT2D eigenvalue weighted by Gasteiger charge is 2.31. The largest absolute Gasteiger partial charge is 0.758 e. The van der Waals surface area contributed by atoms with E-state index in [2.05, 4.69) is 0 Å². The van der Waals surface area contributed by atoms with Crippen LogP contribution in [0.15, 0.2) is 18.2 Å². The molecule has 22 heavy (non-hydrogen) atoms. The van der Waals surface area contributed by atoms with Gasteiger partial charge in [-0.25, -0.2) is 4.39 Å². The molecular weight excluding hydrogens is 287 g/mol. The molecule has 0 aromatic heterocycles. The number of nitrogens with zero attached hydrogens (tertiary/aromatic N) is 2. The Hall–Kier alpha value is -1.82. The second-order valence-electron chi connectivity index (χ2n) is 5.75. The summed E-state index contributed by atoms with van der Waals surface area (Å²) in [4.78, 5) is 13.3. The van der Waals surface area contributed by atoms with Gasteiger partial charge in [0.15, 0.2) is 0 Å². The van der Waals surface area contributed by atoms with Gasteiger partial charge in [0, 0.05) is 20.0 Å². The molecule has 1 fully saturated rings. The zero-order valence-corrected chi connectivity index (χ0v) is 13.2. The molecule has 1 aromatic carbocycles. The topological polar surface area (TPSA) is 55.8 Å². The lowest BCUT2D eigenvalue weighted by atomic mass is 9.91. The van der Waals surface area contributed by atoms with Crippen LogP contribution in [0.1, 0.15) is 32.6 Å². The zero-order chi connectivity index (χ0) is 16.3. The molecule has 1 saturated carbocycles. The Bertz CT molecular complexity index is 536. The third kappa shape index (κ3) is 3.68. The van der Waals surface area contributed by atoms with Gasteiger partial charge >= 0.3 is 0 Å². The van der Waals surface area contributed by atoms with Gasteiger partial charge < -0.3 is 19.9 Å². The van der Waals surface area contributed by atoms with Crippen molar-refractivity contribution >= 4 is 11.6 Å². The van der Waals surface area contributed by atoms with Crippen molar-refractivity contribution in [2.24, 2.45) is 0 Å². The number of benzene rings is 1. The molecule has 0 saturated heterocycles. The molecule has 1 aliphatic rings. The zero-order valence-electron chi connectivity index (χ0n) is 13.2. The van der Waals surface area contributed by atoms with E-state index in [4.69, 9.17) is 4.74 Å². The van der Waals surface area contributed by atoms with Crippen LogP contribution in [-0.2, 0) is 4.79 Å². The molecular formula is C16H22FN2O3-. The van der Waals surface area contributed by atoms with Gasteiger partial charge in [0.2, 0.25) is 5.91 Å². The SMILES string of the molecule is CC(=O)N(C)[C@@H]1CCCCC1Oc1cc(F)ccc1N(C)[O-]. The van der Waals surface area contributed by atoms with E-state index in [1.807, 2.05) is 0 Å². The summed E-state index contributed by atoms with van der Waals surface area (Å²) in [5.41, 5.74) is 0.288. The minimum absolute atomic E-state index is 0.0269. The van der Waals surface area contributed by atoms with Crippen LogP contribution in [0.4, 0.5) is 10.1 Å². The van der Waals surface area contributed by atoms with Crippen LogP contribution >= 0.6 is 0 Å². The van der Waals surface area contributed by atoms with Crippen LogP contribution in [0.2, 0.25) is 0 Å². The summed E-state index contributed by atoms with van der Waals surface area (Å²) in [6.07, 6.45) is 3.41. The first-order valence-corrected chi connectivity index (χ1v) is 7.50. The van der Waals surface area contributed by atoms with Crippen LogP contribution in [0.3, 0.4) is 0 Å². The maximum absolute atomic E-state index is 13.5. The van der Waals surface area contributed by atoms with Crippen LogP contribution in [-0.4, -0.2) is 37.0 Å². The predicted octanol–water partition coefficient (Wildman–Crippen LogP) is 2.93. The monoisotopic (exact) mass is 309 g/mol. The maximum atomic E-state index is 13.5. The third-order valence-corrected chi connectivity index (χ3v) is 4.20.